The van der Waals surface area contributed by atoms with E-state index in [9.17, 15) is 24.2 Å². The number of anilines is 1. The summed E-state index contributed by atoms with van der Waals surface area (Å²) in [7, 11) is -9.73. The van der Waals surface area contributed by atoms with Crippen molar-refractivity contribution in [1.82, 2.24) is 10.3 Å². The third-order valence-electron chi connectivity index (χ3n) is 4.19. The van der Waals surface area contributed by atoms with Gasteiger partial charge in [-0.15, -0.1) is 0 Å². The van der Waals surface area contributed by atoms with Crippen molar-refractivity contribution in [3.05, 3.63) is 46.5 Å². The van der Waals surface area contributed by atoms with Gasteiger partial charge in [-0.25, -0.2) is 9.78 Å². The number of nitrogens with two attached hydrogens (primary N) is 1. The fourth-order valence-electron chi connectivity index (χ4n) is 2.57. The lowest BCUT2D eigenvalue weighted by Crippen LogP contribution is -2.46. The van der Waals surface area contributed by atoms with E-state index >= 15 is 0 Å². The summed E-state index contributed by atoms with van der Waals surface area (Å²) in [5, 5.41) is 12.6. The Morgan fingerprint density at radius 3 is 2.34 bits per heavy atom. The van der Waals surface area contributed by atoms with Gasteiger partial charge in [0.25, 0.3) is 0 Å². The number of piperazine rings is 1. The monoisotopic (exact) mass is 462 g/mol. The highest BCUT2D eigenvalue weighted by Gasteiger charge is 2.66. The second kappa shape index (κ2) is 7.42. The minimum absolute atomic E-state index is 0.0131. The second-order valence-corrected chi connectivity index (χ2v) is 9.32. The summed E-state index contributed by atoms with van der Waals surface area (Å²) in [6, 6.07) is 3.74. The number of aromatic nitrogens is 1. The van der Waals surface area contributed by atoms with Crippen LogP contribution in [-0.4, -0.2) is 47.8 Å². The molecule has 0 bridgehead atoms. The van der Waals surface area contributed by atoms with Gasteiger partial charge in [-0.2, -0.15) is 0 Å². The molecule has 1 aliphatic heterocycles. The van der Waals surface area contributed by atoms with Gasteiger partial charge in [0.05, 0.1) is 5.02 Å². The maximum Gasteiger partial charge on any atom is 0.328 e. The van der Waals surface area contributed by atoms with E-state index < -0.39 is 33.1 Å². The molecule has 1 aliphatic carbocycles. The minimum atomic E-state index is -9.73. The zero-order chi connectivity index (χ0) is 22.0. The summed E-state index contributed by atoms with van der Waals surface area (Å²) in [5.41, 5.74) is 3.10. The second-order valence-electron chi connectivity index (χ2n) is 6.50. The quantitative estimate of drug-likeness (QED) is 0.587. The van der Waals surface area contributed by atoms with Crippen molar-refractivity contribution in [2.24, 2.45) is 5.73 Å². The molecule has 0 radical (unpaired) electrons. The highest BCUT2D eigenvalue weighted by atomic mass is 35.5. The van der Waals surface area contributed by atoms with Crippen LogP contribution in [0.5, 0.6) is 0 Å². The van der Waals surface area contributed by atoms with E-state index in [2.05, 4.69) is 15.2 Å². The highest BCUT2D eigenvalue weighted by molar-refractivity contribution is 8.48. The van der Waals surface area contributed by atoms with Crippen LogP contribution >= 0.6 is 21.8 Å². The van der Waals surface area contributed by atoms with Crippen LogP contribution in [0.15, 0.2) is 41.5 Å². The van der Waals surface area contributed by atoms with Crippen molar-refractivity contribution in [2.45, 2.75) is 12.0 Å². The lowest BCUT2D eigenvalue weighted by atomic mass is 9.93. The Labute approximate surface area is 168 Å². The minimum Gasteiger partial charge on any atom is -0.480 e. The van der Waals surface area contributed by atoms with Crippen LogP contribution in [0.25, 0.3) is 0 Å². The van der Waals surface area contributed by atoms with E-state index in [4.69, 9.17) is 22.4 Å². The number of nitrogens with zero attached hydrogens (tertiary/aromatic N) is 2. The number of hydrogen-bond acceptors (Lipinski definition) is 5. The maximum absolute atomic E-state index is 12.2. The van der Waals surface area contributed by atoms with Crippen molar-refractivity contribution < 1.29 is 29.3 Å². The first-order chi connectivity index (χ1) is 13.1. The number of rotatable bonds is 3. The SMILES string of the molecule is Clc1cccnc1N1CCNCC1.NC1(C(=O)O)C=CC(S(F)(F)(F)(F)F)=CC1. The van der Waals surface area contributed by atoms with Gasteiger partial charge in [0.2, 0.25) is 0 Å². The maximum atomic E-state index is 12.2. The van der Waals surface area contributed by atoms with Crippen LogP contribution in [0.3, 0.4) is 0 Å². The number of carboxylic acid groups (broad SMARTS) is 1. The fourth-order valence-corrected chi connectivity index (χ4v) is 3.53. The molecular formula is C16H20ClF5N4O2S. The Morgan fingerprint density at radius 1 is 1.28 bits per heavy atom. The van der Waals surface area contributed by atoms with Crippen LogP contribution in [0.2, 0.25) is 5.02 Å². The largest absolute Gasteiger partial charge is 0.480 e. The molecule has 29 heavy (non-hydrogen) atoms. The van der Waals surface area contributed by atoms with Gasteiger partial charge < -0.3 is 21.1 Å². The summed E-state index contributed by atoms with van der Waals surface area (Å²) >= 11 is 6.03. The highest BCUT2D eigenvalue weighted by Crippen LogP contribution is 3.02. The summed E-state index contributed by atoms with van der Waals surface area (Å²) in [6.07, 6.45) is 1.49. The molecule has 13 heteroatoms. The van der Waals surface area contributed by atoms with E-state index in [0.29, 0.717) is 6.08 Å². The Bertz CT molecular complexity index is 844. The van der Waals surface area contributed by atoms with Gasteiger partial charge in [-0.1, -0.05) is 43.2 Å². The predicted molar refractivity (Wildman–Crippen MR) is 104 cm³/mol. The molecule has 0 aromatic carbocycles. The van der Waals surface area contributed by atoms with Crippen LogP contribution in [0, 0.1) is 0 Å². The number of hydrogen-bond donors (Lipinski definition) is 3. The lowest BCUT2D eigenvalue weighted by molar-refractivity contribution is -0.141. The van der Waals surface area contributed by atoms with Crippen molar-refractivity contribution in [1.29, 1.82) is 0 Å². The average molecular weight is 463 g/mol. The molecule has 6 nitrogen and oxygen atoms in total. The summed E-state index contributed by atoms with van der Waals surface area (Å²) < 4.78 is 61.2. The Morgan fingerprint density at radius 2 is 1.90 bits per heavy atom. The molecule has 1 atom stereocenters. The van der Waals surface area contributed by atoms with Crippen molar-refractivity contribution in [3.63, 3.8) is 0 Å². The standard InChI is InChI=1S/C9H12ClN3.C7H8F5NO2S/c10-8-2-1-3-12-9(8)13-6-4-11-5-7-13;8-16(9,10,11,12)5-1-3-7(13,4-2-5)6(14)15/h1-3,11H,4-7H2;1-3H,4,13H2,(H,14,15). The third kappa shape index (κ3) is 6.29. The Balaban J connectivity index is 0.000000211. The normalized spacial score (nSPS) is 24.5. The van der Waals surface area contributed by atoms with E-state index in [1.54, 1.807) is 6.20 Å². The van der Waals surface area contributed by atoms with Crippen molar-refractivity contribution >= 4 is 33.6 Å². The number of halogens is 6. The summed E-state index contributed by atoms with van der Waals surface area (Å²) in [4.78, 5) is 14.9. The van der Waals surface area contributed by atoms with Crippen molar-refractivity contribution in [2.75, 3.05) is 31.1 Å². The molecular weight excluding hydrogens is 443 g/mol. The van der Waals surface area contributed by atoms with E-state index in [0.717, 1.165) is 37.0 Å². The molecule has 1 aromatic heterocycles. The molecule has 1 saturated heterocycles. The molecule has 1 unspecified atom stereocenters. The van der Waals surface area contributed by atoms with Crippen LogP contribution in [-0.2, 0) is 4.79 Å². The Kier molecular flexibility index (Phi) is 5.98. The molecule has 2 heterocycles. The topological polar surface area (TPSA) is 91.5 Å². The van der Waals surface area contributed by atoms with Gasteiger partial charge in [0, 0.05) is 32.4 Å². The summed E-state index contributed by atoms with van der Waals surface area (Å²) in [5.74, 6) is -0.674. The molecule has 2 aliphatic rings. The smallest absolute Gasteiger partial charge is 0.328 e. The number of allylic oxidation sites excluding steroid dienone is 1. The molecule has 4 N–H and O–H groups in total. The molecule has 0 spiro atoms. The van der Waals surface area contributed by atoms with E-state index in [-0.39, 0.29) is 12.2 Å². The first-order valence-corrected chi connectivity index (χ1v) is 10.7. The number of carbonyl (C=O) groups is 1. The van der Waals surface area contributed by atoms with Gasteiger partial charge in [-0.05, 0) is 24.6 Å². The van der Waals surface area contributed by atoms with Gasteiger partial charge in [0.15, 0.2) is 0 Å². The number of pyridine rings is 1. The first-order valence-electron chi connectivity index (χ1n) is 8.34. The zero-order valence-electron chi connectivity index (χ0n) is 15.0. The molecule has 164 valence electrons. The number of carboxylic acids is 1. The lowest BCUT2D eigenvalue weighted by Gasteiger charge is -2.42. The van der Waals surface area contributed by atoms with E-state index in [1.807, 2.05) is 12.1 Å². The predicted octanol–water partition coefficient (Wildman–Crippen LogP) is 4.06. The molecule has 3 rings (SSSR count). The molecule has 1 fully saturated rings. The fraction of sp³-hybridized carbons (Fsp3) is 0.375. The van der Waals surface area contributed by atoms with Crippen LogP contribution in [0.1, 0.15) is 6.42 Å². The van der Waals surface area contributed by atoms with Crippen molar-refractivity contribution in [3.8, 4) is 0 Å². The third-order valence-corrected chi connectivity index (χ3v) is 5.67. The number of aliphatic carboxylic acids is 1. The molecule has 1 aromatic rings. The molecule has 0 amide bonds. The van der Waals surface area contributed by atoms with E-state index in [1.165, 1.54) is 0 Å². The summed E-state index contributed by atoms with van der Waals surface area (Å²) in [6.45, 7) is 3.98. The first kappa shape index (κ1) is 23.4. The number of nitrogens with one attached hydrogen (secondary N) is 1. The van der Waals surface area contributed by atoms with Gasteiger partial charge in [-0.3, -0.25) is 0 Å². The Hall–Kier alpha value is -1.89. The van der Waals surface area contributed by atoms with Crippen LogP contribution in [0.4, 0.5) is 25.2 Å². The average Bonchev–Trinajstić information content (AvgIpc) is 2.62. The molecule has 0 saturated carbocycles. The van der Waals surface area contributed by atoms with Gasteiger partial charge >= 0.3 is 16.2 Å². The van der Waals surface area contributed by atoms with Gasteiger partial charge in [0.1, 0.15) is 16.3 Å². The van der Waals surface area contributed by atoms with Crippen LogP contribution < -0.4 is 16.0 Å². The zero-order valence-corrected chi connectivity index (χ0v) is 16.6.